The van der Waals surface area contributed by atoms with Crippen molar-refractivity contribution in [2.75, 3.05) is 11.4 Å². The first-order chi connectivity index (χ1) is 8.61. The summed E-state index contributed by atoms with van der Waals surface area (Å²) in [5.74, 6) is 0. The maximum atomic E-state index is 12.5. The molecule has 19 heavy (non-hydrogen) atoms. The number of hydrogen-bond acceptors (Lipinski definition) is 3. The van der Waals surface area contributed by atoms with Gasteiger partial charge < -0.3 is 4.90 Å². The lowest BCUT2D eigenvalue weighted by Gasteiger charge is -2.29. The van der Waals surface area contributed by atoms with Gasteiger partial charge in [-0.05, 0) is 26.0 Å². The fraction of sp³-hybridized carbons (Fsp3) is 0.455. The molecule has 0 amide bonds. The smallest absolute Gasteiger partial charge is 0.354 e. The second-order valence-corrected chi connectivity index (χ2v) is 5.14. The first kappa shape index (κ1) is 15.7. The van der Waals surface area contributed by atoms with Crippen molar-refractivity contribution in [1.82, 2.24) is 0 Å². The summed E-state index contributed by atoms with van der Waals surface area (Å²) in [5.41, 5.74) is -0.396. The lowest BCUT2D eigenvalue weighted by atomic mass is 10.2. The Morgan fingerprint density at radius 2 is 2.00 bits per heavy atom. The van der Waals surface area contributed by atoms with Gasteiger partial charge in [-0.15, -0.1) is 0 Å². The minimum atomic E-state index is -4.43. The van der Waals surface area contributed by atoms with E-state index in [1.807, 2.05) is 0 Å². The number of nitrogens with zero attached hydrogens (tertiary/aromatic N) is 2. The van der Waals surface area contributed by atoms with Gasteiger partial charge in [-0.1, -0.05) is 15.9 Å². The Balaban J connectivity index is 3.27. The Kier molecular flexibility index (Phi) is 4.78. The van der Waals surface area contributed by atoms with Crippen LogP contribution in [0.2, 0.25) is 0 Å². The summed E-state index contributed by atoms with van der Waals surface area (Å²) in [6.45, 7) is 1.88. The zero-order valence-electron chi connectivity index (χ0n) is 10.2. The summed E-state index contributed by atoms with van der Waals surface area (Å²) in [6.07, 6.45) is -4.43. The molecule has 0 fully saturated rings. The quantitative estimate of drug-likeness (QED) is 0.611. The van der Waals surface area contributed by atoms with E-state index in [4.69, 9.17) is 0 Å². The van der Waals surface area contributed by atoms with E-state index in [0.717, 1.165) is 4.90 Å². The van der Waals surface area contributed by atoms with E-state index < -0.39 is 23.7 Å². The molecule has 0 spiro atoms. The van der Waals surface area contributed by atoms with E-state index in [-0.39, 0.29) is 11.4 Å². The first-order valence-corrected chi connectivity index (χ1v) is 6.18. The van der Waals surface area contributed by atoms with Gasteiger partial charge in [0.25, 0.3) is 5.69 Å². The van der Waals surface area contributed by atoms with Crippen LogP contribution in [0.25, 0.3) is 0 Å². The Morgan fingerprint density at radius 3 is 2.42 bits per heavy atom. The molecular weight excluding hydrogens is 329 g/mol. The SMILES string of the molecule is CC(C)N(CC(F)(F)F)c1ccc(Br)cc1[N+](=O)[O-]. The third-order valence-electron chi connectivity index (χ3n) is 2.42. The zero-order chi connectivity index (χ0) is 14.8. The molecule has 0 unspecified atom stereocenters. The molecule has 0 aliphatic heterocycles. The van der Waals surface area contributed by atoms with Crippen molar-refractivity contribution in [2.45, 2.75) is 26.1 Å². The van der Waals surface area contributed by atoms with Crippen LogP contribution in [-0.2, 0) is 0 Å². The Morgan fingerprint density at radius 1 is 1.42 bits per heavy atom. The number of hydrogen-bond donors (Lipinski definition) is 0. The van der Waals surface area contributed by atoms with Crippen molar-refractivity contribution in [3.8, 4) is 0 Å². The molecule has 0 radical (unpaired) electrons. The summed E-state index contributed by atoms with van der Waals surface area (Å²) in [5, 5.41) is 10.9. The number of alkyl halides is 3. The molecule has 0 N–H and O–H groups in total. The summed E-state index contributed by atoms with van der Waals surface area (Å²) in [7, 11) is 0. The van der Waals surface area contributed by atoms with Gasteiger partial charge in [-0.25, -0.2) is 0 Å². The van der Waals surface area contributed by atoms with Crippen molar-refractivity contribution in [3.05, 3.63) is 32.8 Å². The van der Waals surface area contributed by atoms with Crippen molar-refractivity contribution >= 4 is 27.3 Å². The van der Waals surface area contributed by atoms with Crippen LogP contribution in [-0.4, -0.2) is 23.7 Å². The predicted molar refractivity (Wildman–Crippen MR) is 69.3 cm³/mol. The summed E-state index contributed by atoms with van der Waals surface area (Å²) in [4.78, 5) is 11.2. The molecule has 0 saturated heterocycles. The molecule has 4 nitrogen and oxygen atoms in total. The van der Waals surface area contributed by atoms with E-state index in [0.29, 0.717) is 4.47 Å². The predicted octanol–water partition coefficient (Wildman–Crippen LogP) is 4.13. The third-order valence-corrected chi connectivity index (χ3v) is 2.91. The van der Waals surface area contributed by atoms with Gasteiger partial charge in [0.15, 0.2) is 0 Å². The zero-order valence-corrected chi connectivity index (χ0v) is 11.8. The van der Waals surface area contributed by atoms with Crippen molar-refractivity contribution in [2.24, 2.45) is 0 Å². The van der Waals surface area contributed by atoms with Gasteiger partial charge in [0.05, 0.1) is 4.92 Å². The highest BCUT2D eigenvalue weighted by molar-refractivity contribution is 9.10. The second-order valence-electron chi connectivity index (χ2n) is 4.23. The fourth-order valence-corrected chi connectivity index (χ4v) is 1.97. The van der Waals surface area contributed by atoms with Crippen molar-refractivity contribution in [3.63, 3.8) is 0 Å². The largest absolute Gasteiger partial charge is 0.405 e. The Hall–Kier alpha value is -1.31. The van der Waals surface area contributed by atoms with Crippen LogP contribution in [0, 0.1) is 10.1 Å². The molecule has 8 heteroatoms. The molecule has 0 heterocycles. The Labute approximate surface area is 116 Å². The summed E-state index contributed by atoms with van der Waals surface area (Å²) >= 11 is 3.07. The number of rotatable bonds is 4. The van der Waals surface area contributed by atoms with E-state index in [2.05, 4.69) is 15.9 Å². The van der Waals surface area contributed by atoms with Crippen LogP contribution in [0.3, 0.4) is 0 Å². The average Bonchev–Trinajstić information content (AvgIpc) is 2.24. The minimum Gasteiger partial charge on any atom is -0.354 e. The average molecular weight is 341 g/mol. The summed E-state index contributed by atoms with van der Waals surface area (Å²) in [6, 6.07) is 3.48. The second kappa shape index (κ2) is 5.77. The van der Waals surface area contributed by atoms with Gasteiger partial charge in [-0.3, -0.25) is 10.1 Å². The van der Waals surface area contributed by atoms with Crippen LogP contribution in [0.15, 0.2) is 22.7 Å². The van der Waals surface area contributed by atoms with Crippen LogP contribution in [0.5, 0.6) is 0 Å². The maximum absolute atomic E-state index is 12.5. The molecule has 106 valence electrons. The van der Waals surface area contributed by atoms with Crippen LogP contribution in [0.1, 0.15) is 13.8 Å². The fourth-order valence-electron chi connectivity index (χ4n) is 1.62. The molecule has 0 aliphatic rings. The minimum absolute atomic E-state index is 0.0412. The lowest BCUT2D eigenvalue weighted by Crippen LogP contribution is -2.39. The van der Waals surface area contributed by atoms with Gasteiger partial charge in [-0.2, -0.15) is 13.2 Å². The maximum Gasteiger partial charge on any atom is 0.405 e. The van der Waals surface area contributed by atoms with Crippen molar-refractivity contribution in [1.29, 1.82) is 0 Å². The normalized spacial score (nSPS) is 11.7. The molecule has 0 saturated carbocycles. The molecular formula is C11H12BrF3N2O2. The molecule has 1 aromatic carbocycles. The third kappa shape index (κ3) is 4.38. The Bertz CT molecular complexity index is 477. The molecule has 0 aromatic heterocycles. The van der Waals surface area contributed by atoms with Crippen molar-refractivity contribution < 1.29 is 18.1 Å². The van der Waals surface area contributed by atoms with E-state index in [1.165, 1.54) is 18.2 Å². The topological polar surface area (TPSA) is 46.4 Å². The van der Waals surface area contributed by atoms with Gasteiger partial charge >= 0.3 is 6.18 Å². The number of halogens is 4. The molecule has 1 rings (SSSR count). The van der Waals surface area contributed by atoms with Gasteiger partial charge in [0, 0.05) is 16.6 Å². The number of anilines is 1. The molecule has 0 aliphatic carbocycles. The highest BCUT2D eigenvalue weighted by Crippen LogP contribution is 2.34. The summed E-state index contributed by atoms with van der Waals surface area (Å²) < 4.78 is 38.1. The monoisotopic (exact) mass is 340 g/mol. The number of nitro benzene ring substituents is 1. The standard InChI is InChI=1S/C11H12BrF3N2O2/c1-7(2)16(6-11(13,14)15)9-4-3-8(12)5-10(9)17(18)19/h3-5,7H,6H2,1-2H3. The van der Waals surface area contributed by atoms with Crippen LogP contribution >= 0.6 is 15.9 Å². The highest BCUT2D eigenvalue weighted by atomic mass is 79.9. The molecule has 0 bridgehead atoms. The molecule has 0 atom stereocenters. The lowest BCUT2D eigenvalue weighted by molar-refractivity contribution is -0.384. The molecule has 1 aromatic rings. The van der Waals surface area contributed by atoms with Gasteiger partial charge in [0.1, 0.15) is 12.2 Å². The van der Waals surface area contributed by atoms with E-state index >= 15 is 0 Å². The number of nitro groups is 1. The van der Waals surface area contributed by atoms with E-state index in [9.17, 15) is 23.3 Å². The van der Waals surface area contributed by atoms with E-state index in [1.54, 1.807) is 13.8 Å². The number of benzene rings is 1. The highest BCUT2D eigenvalue weighted by Gasteiger charge is 2.34. The van der Waals surface area contributed by atoms with Crippen LogP contribution in [0.4, 0.5) is 24.5 Å². The van der Waals surface area contributed by atoms with Crippen LogP contribution < -0.4 is 4.90 Å². The van der Waals surface area contributed by atoms with Gasteiger partial charge in [0.2, 0.25) is 0 Å². The first-order valence-electron chi connectivity index (χ1n) is 5.39.